The van der Waals surface area contributed by atoms with Crippen LogP contribution in [0.25, 0.3) is 0 Å². The lowest BCUT2D eigenvalue weighted by molar-refractivity contribution is 0.0992. The van der Waals surface area contributed by atoms with Crippen LogP contribution in [0.4, 0.5) is 10.5 Å². The summed E-state index contributed by atoms with van der Waals surface area (Å²) in [4.78, 5) is 23.1. The van der Waals surface area contributed by atoms with Gasteiger partial charge in [-0.05, 0) is 12.8 Å². The highest BCUT2D eigenvalue weighted by Gasteiger charge is 2.19. The molecule has 0 bridgehead atoms. The van der Waals surface area contributed by atoms with Crippen molar-refractivity contribution in [2.24, 2.45) is 12.8 Å². The number of aryl methyl sites for hydroxylation is 1. The highest BCUT2D eigenvalue weighted by atomic mass is 16.2. The molecule has 1 saturated carbocycles. The summed E-state index contributed by atoms with van der Waals surface area (Å²) < 4.78 is 1.35. The Labute approximate surface area is 111 Å². The van der Waals surface area contributed by atoms with Crippen LogP contribution in [0.1, 0.15) is 42.6 Å². The number of hydrogen-bond acceptors (Lipinski definition) is 3. The first-order valence-corrected chi connectivity index (χ1v) is 6.47. The van der Waals surface area contributed by atoms with Gasteiger partial charge in [0, 0.05) is 13.1 Å². The number of carbonyl (C=O) groups excluding carboxylic acids is 2. The van der Waals surface area contributed by atoms with Crippen molar-refractivity contribution in [1.82, 2.24) is 15.1 Å². The molecule has 4 N–H and O–H groups in total. The Morgan fingerprint density at radius 2 is 2.05 bits per heavy atom. The van der Waals surface area contributed by atoms with Crippen molar-refractivity contribution in [2.75, 3.05) is 5.32 Å². The van der Waals surface area contributed by atoms with Gasteiger partial charge in [0.2, 0.25) is 0 Å². The fourth-order valence-electron chi connectivity index (χ4n) is 2.41. The lowest BCUT2D eigenvalue weighted by Gasteiger charge is -2.22. The first-order valence-electron chi connectivity index (χ1n) is 6.47. The minimum Gasteiger partial charge on any atom is -0.364 e. The Morgan fingerprint density at radius 1 is 1.37 bits per heavy atom. The van der Waals surface area contributed by atoms with E-state index >= 15 is 0 Å². The first-order chi connectivity index (χ1) is 9.08. The smallest absolute Gasteiger partial charge is 0.319 e. The van der Waals surface area contributed by atoms with E-state index in [0.717, 1.165) is 25.7 Å². The number of rotatable bonds is 3. The number of nitrogens with zero attached hydrogens (tertiary/aromatic N) is 2. The van der Waals surface area contributed by atoms with Crippen molar-refractivity contribution in [3.05, 3.63) is 11.9 Å². The molecule has 0 aromatic carbocycles. The minimum atomic E-state index is -0.618. The SMILES string of the molecule is Cn1ncc(NC(=O)NC2CCCCC2)c1C(N)=O. The molecule has 1 heterocycles. The van der Waals surface area contributed by atoms with E-state index < -0.39 is 5.91 Å². The number of anilines is 1. The maximum absolute atomic E-state index is 11.9. The van der Waals surface area contributed by atoms with E-state index in [1.807, 2.05) is 0 Å². The summed E-state index contributed by atoms with van der Waals surface area (Å²) in [5, 5.41) is 9.44. The molecule has 0 unspecified atom stereocenters. The largest absolute Gasteiger partial charge is 0.364 e. The molecule has 0 atom stereocenters. The van der Waals surface area contributed by atoms with Crippen molar-refractivity contribution in [3.8, 4) is 0 Å². The Hall–Kier alpha value is -2.05. The molecule has 1 aromatic rings. The van der Waals surface area contributed by atoms with E-state index in [9.17, 15) is 9.59 Å². The van der Waals surface area contributed by atoms with E-state index in [1.165, 1.54) is 17.3 Å². The summed E-state index contributed by atoms with van der Waals surface area (Å²) in [7, 11) is 1.60. The Bertz CT molecular complexity index is 476. The third kappa shape index (κ3) is 3.24. The predicted molar refractivity (Wildman–Crippen MR) is 70.8 cm³/mol. The van der Waals surface area contributed by atoms with Gasteiger partial charge in [-0.3, -0.25) is 9.48 Å². The van der Waals surface area contributed by atoms with E-state index in [2.05, 4.69) is 15.7 Å². The van der Waals surface area contributed by atoms with Crippen LogP contribution in [0.3, 0.4) is 0 Å². The number of carbonyl (C=O) groups is 2. The number of primary amides is 1. The number of hydrogen-bond donors (Lipinski definition) is 3. The summed E-state index contributed by atoms with van der Waals surface area (Å²) in [6, 6.07) is -0.107. The third-order valence-corrected chi connectivity index (χ3v) is 3.36. The number of amides is 3. The van der Waals surface area contributed by atoms with Crippen LogP contribution in [-0.4, -0.2) is 27.8 Å². The topological polar surface area (TPSA) is 102 Å². The Kier molecular flexibility index (Phi) is 4.03. The van der Waals surface area contributed by atoms with Crippen molar-refractivity contribution in [1.29, 1.82) is 0 Å². The van der Waals surface area contributed by atoms with Crippen LogP contribution in [0.15, 0.2) is 6.20 Å². The summed E-state index contributed by atoms with van der Waals surface area (Å²) in [5.41, 5.74) is 5.78. The van der Waals surface area contributed by atoms with Gasteiger partial charge in [0.15, 0.2) is 0 Å². The van der Waals surface area contributed by atoms with Crippen molar-refractivity contribution < 1.29 is 9.59 Å². The molecule has 104 valence electrons. The first kappa shape index (κ1) is 13.4. The monoisotopic (exact) mass is 265 g/mol. The van der Waals surface area contributed by atoms with E-state index in [0.29, 0.717) is 5.69 Å². The molecule has 1 aliphatic carbocycles. The van der Waals surface area contributed by atoms with Crippen molar-refractivity contribution in [3.63, 3.8) is 0 Å². The van der Waals surface area contributed by atoms with Crippen LogP contribution >= 0.6 is 0 Å². The summed E-state index contributed by atoms with van der Waals surface area (Å²) >= 11 is 0. The maximum Gasteiger partial charge on any atom is 0.319 e. The van der Waals surface area contributed by atoms with Crippen molar-refractivity contribution in [2.45, 2.75) is 38.1 Å². The molecule has 1 aliphatic rings. The van der Waals surface area contributed by atoms with Gasteiger partial charge < -0.3 is 16.4 Å². The maximum atomic E-state index is 11.9. The van der Waals surface area contributed by atoms with Crippen LogP contribution in [0.2, 0.25) is 0 Å². The average molecular weight is 265 g/mol. The standard InChI is InChI=1S/C12H19N5O2/c1-17-10(11(13)18)9(7-14-17)16-12(19)15-8-5-3-2-4-6-8/h7-8H,2-6H2,1H3,(H2,13,18)(H2,15,16,19). The number of nitrogens with one attached hydrogen (secondary N) is 2. The molecule has 7 nitrogen and oxygen atoms in total. The second kappa shape index (κ2) is 5.73. The predicted octanol–water partition coefficient (Wildman–Crippen LogP) is 0.973. The van der Waals surface area contributed by atoms with Gasteiger partial charge in [0.1, 0.15) is 5.69 Å². The minimum absolute atomic E-state index is 0.193. The fraction of sp³-hybridized carbons (Fsp3) is 0.583. The lowest BCUT2D eigenvalue weighted by Crippen LogP contribution is -2.39. The lowest BCUT2D eigenvalue weighted by atomic mass is 9.96. The molecule has 0 radical (unpaired) electrons. The van der Waals surface area contributed by atoms with Crippen LogP contribution in [0.5, 0.6) is 0 Å². The normalized spacial score (nSPS) is 16.1. The van der Waals surface area contributed by atoms with Crippen LogP contribution in [-0.2, 0) is 7.05 Å². The number of urea groups is 1. The van der Waals surface area contributed by atoms with Crippen LogP contribution in [0, 0.1) is 0 Å². The van der Waals surface area contributed by atoms with Gasteiger partial charge in [-0.1, -0.05) is 19.3 Å². The third-order valence-electron chi connectivity index (χ3n) is 3.36. The highest BCUT2D eigenvalue weighted by Crippen LogP contribution is 2.18. The Morgan fingerprint density at radius 3 is 2.68 bits per heavy atom. The summed E-state index contributed by atoms with van der Waals surface area (Å²) in [6.45, 7) is 0. The van der Waals surface area contributed by atoms with E-state index in [1.54, 1.807) is 7.05 Å². The second-order valence-corrected chi connectivity index (χ2v) is 4.83. The molecule has 7 heteroatoms. The molecular formula is C12H19N5O2. The molecule has 0 saturated heterocycles. The molecule has 3 amide bonds. The van der Waals surface area contributed by atoms with Gasteiger partial charge in [-0.2, -0.15) is 5.10 Å². The zero-order valence-corrected chi connectivity index (χ0v) is 11.0. The molecule has 0 aliphatic heterocycles. The van der Waals surface area contributed by atoms with E-state index in [-0.39, 0.29) is 17.8 Å². The summed E-state index contributed by atoms with van der Waals surface area (Å²) in [6.07, 6.45) is 6.94. The number of nitrogens with two attached hydrogens (primary N) is 1. The zero-order chi connectivity index (χ0) is 13.8. The van der Waals surface area contributed by atoms with Gasteiger partial charge in [0.25, 0.3) is 5.91 Å². The molecule has 1 fully saturated rings. The Balaban J connectivity index is 1.96. The highest BCUT2D eigenvalue weighted by molar-refractivity contribution is 6.01. The molecule has 1 aromatic heterocycles. The van der Waals surface area contributed by atoms with Crippen LogP contribution < -0.4 is 16.4 Å². The average Bonchev–Trinajstić information content (AvgIpc) is 2.71. The van der Waals surface area contributed by atoms with Gasteiger partial charge in [-0.25, -0.2) is 4.79 Å². The molecular weight excluding hydrogens is 246 g/mol. The van der Waals surface area contributed by atoms with Gasteiger partial charge >= 0.3 is 6.03 Å². The van der Waals surface area contributed by atoms with Gasteiger partial charge in [0.05, 0.1) is 11.9 Å². The van der Waals surface area contributed by atoms with E-state index in [4.69, 9.17) is 5.73 Å². The fourth-order valence-corrected chi connectivity index (χ4v) is 2.41. The van der Waals surface area contributed by atoms with Crippen molar-refractivity contribution >= 4 is 17.6 Å². The number of aromatic nitrogens is 2. The second-order valence-electron chi connectivity index (χ2n) is 4.83. The molecule has 0 spiro atoms. The van der Waals surface area contributed by atoms with Gasteiger partial charge in [-0.15, -0.1) is 0 Å². The molecule has 2 rings (SSSR count). The molecule has 19 heavy (non-hydrogen) atoms. The zero-order valence-electron chi connectivity index (χ0n) is 11.0. The summed E-state index contributed by atoms with van der Waals surface area (Å²) in [5.74, 6) is -0.618. The quantitative estimate of drug-likeness (QED) is 0.758.